The molecule has 0 N–H and O–H groups in total. The number of pyridine rings is 1. The highest BCUT2D eigenvalue weighted by atomic mass is 79.9. The molecule has 4 nitrogen and oxygen atoms in total. The summed E-state index contributed by atoms with van der Waals surface area (Å²) >= 11 is 3.52. The molecular formula is C16H13BrN4. The highest BCUT2D eigenvalue weighted by Gasteiger charge is 2.23. The quantitative estimate of drug-likeness (QED) is 0.677. The van der Waals surface area contributed by atoms with Crippen LogP contribution in [0.25, 0.3) is 11.0 Å². The van der Waals surface area contributed by atoms with Crippen LogP contribution in [0.1, 0.15) is 17.0 Å². The largest absolute Gasteiger partial charge is 0.332 e. The summed E-state index contributed by atoms with van der Waals surface area (Å²) in [6.07, 6.45) is 2.60. The molecule has 0 aliphatic carbocycles. The van der Waals surface area contributed by atoms with Crippen molar-refractivity contribution in [2.75, 3.05) is 0 Å². The van der Waals surface area contributed by atoms with Gasteiger partial charge >= 0.3 is 0 Å². The van der Waals surface area contributed by atoms with Crippen molar-refractivity contribution in [3.63, 3.8) is 0 Å². The summed E-state index contributed by atoms with van der Waals surface area (Å²) < 4.78 is 3.09. The average molecular weight is 341 g/mol. The lowest BCUT2D eigenvalue weighted by Crippen LogP contribution is -2.01. The van der Waals surface area contributed by atoms with Crippen molar-refractivity contribution in [2.24, 2.45) is 12.0 Å². The molecule has 0 unspecified atom stereocenters. The Labute approximate surface area is 130 Å². The van der Waals surface area contributed by atoms with Gasteiger partial charge in [0.2, 0.25) is 0 Å². The smallest absolute Gasteiger partial charge is 0.112 e. The molecule has 2 aromatic heterocycles. The molecule has 5 heteroatoms. The van der Waals surface area contributed by atoms with E-state index in [1.807, 2.05) is 37.0 Å². The number of aromatic nitrogens is 3. The van der Waals surface area contributed by atoms with Crippen molar-refractivity contribution < 1.29 is 0 Å². The number of aliphatic imine (C=N–C) groups is 1. The molecule has 3 aromatic rings. The van der Waals surface area contributed by atoms with E-state index in [1.54, 1.807) is 0 Å². The zero-order valence-electron chi connectivity index (χ0n) is 11.8. The van der Waals surface area contributed by atoms with Gasteiger partial charge < -0.3 is 4.57 Å². The minimum Gasteiger partial charge on any atom is -0.332 e. The molecule has 4 rings (SSSR count). The molecule has 1 aliphatic heterocycles. The third kappa shape index (κ3) is 1.92. The summed E-state index contributed by atoms with van der Waals surface area (Å²) in [7, 11) is 2.00. The number of halogens is 1. The topological polar surface area (TPSA) is 43.1 Å². The van der Waals surface area contributed by atoms with Gasteiger partial charge in [0.25, 0.3) is 0 Å². The Morgan fingerprint density at radius 1 is 1.29 bits per heavy atom. The highest BCUT2D eigenvalue weighted by Crippen LogP contribution is 2.35. The Kier molecular flexibility index (Phi) is 2.72. The number of hydrogen-bond acceptors (Lipinski definition) is 3. The van der Waals surface area contributed by atoms with Crippen molar-refractivity contribution in [1.82, 2.24) is 14.5 Å². The predicted molar refractivity (Wildman–Crippen MR) is 87.3 cm³/mol. The van der Waals surface area contributed by atoms with E-state index in [9.17, 15) is 0 Å². The monoisotopic (exact) mass is 340 g/mol. The van der Waals surface area contributed by atoms with Crippen molar-refractivity contribution in [3.8, 4) is 0 Å². The minimum absolute atomic E-state index is 0.772. The molecular weight excluding hydrogens is 328 g/mol. The first-order valence-corrected chi connectivity index (χ1v) is 7.57. The van der Waals surface area contributed by atoms with Gasteiger partial charge in [0.05, 0.1) is 28.9 Å². The van der Waals surface area contributed by atoms with Gasteiger partial charge in [0, 0.05) is 17.9 Å². The van der Waals surface area contributed by atoms with Crippen LogP contribution in [0.3, 0.4) is 0 Å². The molecule has 1 aliphatic rings. The fourth-order valence-electron chi connectivity index (χ4n) is 2.83. The molecule has 0 radical (unpaired) electrons. The van der Waals surface area contributed by atoms with Crippen LogP contribution in [0.2, 0.25) is 0 Å². The fraction of sp³-hybridized carbons (Fsp3) is 0.188. The summed E-state index contributed by atoms with van der Waals surface area (Å²) in [5.74, 6) is 0. The second-order valence-electron chi connectivity index (χ2n) is 5.29. The average Bonchev–Trinajstić information content (AvgIpc) is 3.03. The van der Waals surface area contributed by atoms with Gasteiger partial charge in [-0.3, -0.25) is 4.98 Å². The maximum absolute atomic E-state index is 4.84. The number of benzene rings is 1. The summed E-state index contributed by atoms with van der Waals surface area (Å²) in [4.78, 5) is 14.0. The zero-order chi connectivity index (χ0) is 14.6. The molecule has 0 saturated carbocycles. The molecule has 104 valence electrons. The lowest BCUT2D eigenvalue weighted by Gasteiger charge is -2.03. The van der Waals surface area contributed by atoms with Gasteiger partial charge in [-0.2, -0.15) is 0 Å². The lowest BCUT2D eigenvalue weighted by atomic mass is 10.1. The number of fused-ring (bicyclic) bond motifs is 3. The third-order valence-electron chi connectivity index (χ3n) is 3.82. The molecule has 0 bridgehead atoms. The van der Waals surface area contributed by atoms with Crippen LogP contribution in [0.15, 0.2) is 40.1 Å². The second-order valence-corrected chi connectivity index (χ2v) is 6.21. The number of imidazole rings is 1. The first-order valence-electron chi connectivity index (χ1n) is 6.77. The van der Waals surface area contributed by atoms with Gasteiger partial charge in [-0.15, -0.1) is 0 Å². The number of hydrogen-bond donors (Lipinski definition) is 0. The number of aryl methyl sites for hydroxylation is 2. The van der Waals surface area contributed by atoms with Crippen LogP contribution in [0.4, 0.5) is 5.69 Å². The van der Waals surface area contributed by atoms with Gasteiger partial charge in [-0.25, -0.2) is 9.98 Å². The van der Waals surface area contributed by atoms with E-state index < -0.39 is 0 Å². The maximum atomic E-state index is 4.84. The third-order valence-corrected chi connectivity index (χ3v) is 4.31. The Morgan fingerprint density at radius 2 is 2.14 bits per heavy atom. The Morgan fingerprint density at radius 3 is 2.95 bits per heavy atom. The Hall–Kier alpha value is -2.01. The molecule has 0 fully saturated rings. The molecule has 3 heterocycles. The normalized spacial score (nSPS) is 13.6. The fourth-order valence-corrected chi connectivity index (χ4v) is 3.23. The number of nitrogens with zero attached hydrogens (tertiary/aromatic N) is 4. The Bertz CT molecular complexity index is 908. The highest BCUT2D eigenvalue weighted by molar-refractivity contribution is 9.10. The maximum Gasteiger partial charge on any atom is 0.112 e. The van der Waals surface area contributed by atoms with Crippen molar-refractivity contribution in [2.45, 2.75) is 13.3 Å². The van der Waals surface area contributed by atoms with Crippen LogP contribution in [0, 0.1) is 6.92 Å². The SMILES string of the molecule is Cc1nc2c(c3c1ncn3C)N=C(c1cccc(Br)c1)C2. The van der Waals surface area contributed by atoms with Gasteiger partial charge in [0.1, 0.15) is 11.2 Å². The van der Waals surface area contributed by atoms with Crippen molar-refractivity contribution in [3.05, 3.63) is 52.0 Å². The molecule has 21 heavy (non-hydrogen) atoms. The summed E-state index contributed by atoms with van der Waals surface area (Å²) in [5.41, 5.74) is 7.18. The molecule has 0 atom stereocenters. The number of rotatable bonds is 1. The predicted octanol–water partition coefficient (Wildman–Crippen LogP) is 3.72. The molecule has 0 saturated heterocycles. The van der Waals surface area contributed by atoms with E-state index in [-0.39, 0.29) is 0 Å². The van der Waals surface area contributed by atoms with Crippen molar-refractivity contribution >= 4 is 38.4 Å². The van der Waals surface area contributed by atoms with Crippen LogP contribution in [-0.2, 0) is 13.5 Å². The van der Waals surface area contributed by atoms with Crippen LogP contribution in [-0.4, -0.2) is 20.2 Å². The van der Waals surface area contributed by atoms with E-state index in [1.165, 1.54) is 0 Å². The van der Waals surface area contributed by atoms with E-state index in [0.29, 0.717) is 0 Å². The summed E-state index contributed by atoms with van der Waals surface area (Å²) in [5, 5.41) is 0. The minimum atomic E-state index is 0.772. The Balaban J connectivity index is 1.93. The molecule has 1 aromatic carbocycles. The van der Waals surface area contributed by atoms with Crippen LogP contribution >= 0.6 is 15.9 Å². The first-order chi connectivity index (χ1) is 10.1. The molecule has 0 amide bonds. The van der Waals surface area contributed by atoms with Crippen LogP contribution < -0.4 is 0 Å². The van der Waals surface area contributed by atoms with E-state index in [0.717, 1.165) is 50.3 Å². The van der Waals surface area contributed by atoms with Gasteiger partial charge in [-0.1, -0.05) is 28.1 Å². The van der Waals surface area contributed by atoms with Crippen molar-refractivity contribution in [1.29, 1.82) is 0 Å². The summed E-state index contributed by atoms with van der Waals surface area (Å²) in [6, 6.07) is 8.23. The first kappa shape index (κ1) is 12.7. The van der Waals surface area contributed by atoms with Gasteiger partial charge in [0.15, 0.2) is 0 Å². The van der Waals surface area contributed by atoms with E-state index in [4.69, 9.17) is 9.98 Å². The second kappa shape index (κ2) is 4.49. The van der Waals surface area contributed by atoms with Gasteiger partial charge in [-0.05, 0) is 24.6 Å². The van der Waals surface area contributed by atoms with Crippen LogP contribution in [0.5, 0.6) is 0 Å². The van der Waals surface area contributed by atoms with E-state index in [2.05, 4.69) is 33.0 Å². The standard InChI is InChI=1S/C16H13BrN4/c1-9-14-16(21(2)8-18-14)15-13(19-9)7-12(20-15)10-4-3-5-11(17)6-10/h3-6,8H,7H2,1-2H3. The summed E-state index contributed by atoms with van der Waals surface area (Å²) in [6.45, 7) is 2.01. The van der Waals surface area contributed by atoms with E-state index >= 15 is 0 Å². The zero-order valence-corrected chi connectivity index (χ0v) is 13.3. The lowest BCUT2D eigenvalue weighted by molar-refractivity contribution is 0.946. The molecule has 0 spiro atoms.